The van der Waals surface area contributed by atoms with E-state index in [1.54, 1.807) is 19.2 Å². The van der Waals surface area contributed by atoms with Crippen molar-refractivity contribution in [2.24, 2.45) is 0 Å². The van der Waals surface area contributed by atoms with Gasteiger partial charge in [0.05, 0.1) is 19.6 Å². The highest BCUT2D eigenvalue weighted by Crippen LogP contribution is 2.29. The third-order valence-electron chi connectivity index (χ3n) is 3.56. The Bertz CT molecular complexity index is 684. The van der Waals surface area contributed by atoms with Crippen LogP contribution >= 0.6 is 0 Å². The van der Waals surface area contributed by atoms with E-state index >= 15 is 0 Å². The van der Waals surface area contributed by atoms with E-state index < -0.39 is 17.7 Å². The van der Waals surface area contributed by atoms with Crippen molar-refractivity contribution in [1.82, 2.24) is 0 Å². The Morgan fingerprint density at radius 1 is 1.22 bits per heavy atom. The van der Waals surface area contributed by atoms with Gasteiger partial charge in [0.15, 0.2) is 11.5 Å². The number of benzene rings is 2. The van der Waals surface area contributed by atoms with Crippen LogP contribution in [0.2, 0.25) is 0 Å². The summed E-state index contributed by atoms with van der Waals surface area (Å²) in [6.45, 7) is 2.08. The van der Waals surface area contributed by atoms with Gasteiger partial charge in [0.1, 0.15) is 5.82 Å². The Balaban J connectivity index is 2.06. The molecule has 0 aromatic heterocycles. The molecule has 1 atom stereocenters. The molecule has 23 heavy (non-hydrogen) atoms. The van der Waals surface area contributed by atoms with Crippen molar-refractivity contribution in [3.8, 4) is 11.5 Å². The average Bonchev–Trinajstić information content (AvgIpc) is 2.53. The highest BCUT2D eigenvalue weighted by atomic mass is 19.1. The van der Waals surface area contributed by atoms with Gasteiger partial charge in [0.2, 0.25) is 0 Å². The van der Waals surface area contributed by atoms with E-state index in [9.17, 15) is 14.3 Å². The first kappa shape index (κ1) is 16.8. The first-order chi connectivity index (χ1) is 11.0. The van der Waals surface area contributed by atoms with Crippen LogP contribution in [0.25, 0.3) is 0 Å². The minimum Gasteiger partial charge on any atom is -0.493 e. The molecule has 0 aliphatic rings. The first-order valence-corrected chi connectivity index (χ1v) is 7.27. The summed E-state index contributed by atoms with van der Waals surface area (Å²) in [7, 11) is 1.54. The Labute approximate surface area is 134 Å². The number of carboxylic acids is 1. The lowest BCUT2D eigenvalue weighted by Gasteiger charge is -2.15. The van der Waals surface area contributed by atoms with Crippen LogP contribution in [0.5, 0.6) is 11.5 Å². The molecular weight excluding hydrogens is 299 g/mol. The number of ether oxygens (including phenoxy) is 2. The molecule has 0 amide bonds. The summed E-state index contributed by atoms with van der Waals surface area (Å²) < 4.78 is 24.6. The smallest absolute Gasteiger partial charge is 0.311 e. The molecule has 0 bridgehead atoms. The van der Waals surface area contributed by atoms with Crippen molar-refractivity contribution < 1.29 is 23.8 Å². The molecule has 0 heterocycles. The summed E-state index contributed by atoms with van der Waals surface area (Å²) >= 11 is 0. The molecule has 0 fully saturated rings. The Morgan fingerprint density at radius 2 is 1.96 bits per heavy atom. The summed E-state index contributed by atoms with van der Waals surface area (Å²) in [6.07, 6.45) is 0.160. The van der Waals surface area contributed by atoms with Crippen LogP contribution in [0.15, 0.2) is 42.5 Å². The molecule has 0 saturated heterocycles. The number of hydrogen-bond donors (Lipinski definition) is 1. The van der Waals surface area contributed by atoms with Crippen LogP contribution in [0.3, 0.4) is 0 Å². The summed E-state index contributed by atoms with van der Waals surface area (Å²) in [5.74, 6) is -1.42. The molecule has 5 heteroatoms. The van der Waals surface area contributed by atoms with Crippen molar-refractivity contribution in [2.75, 3.05) is 13.7 Å². The summed E-state index contributed by atoms with van der Waals surface area (Å²) in [4.78, 5) is 11.4. The van der Waals surface area contributed by atoms with Gasteiger partial charge in [0.25, 0.3) is 0 Å². The molecule has 0 spiro atoms. The van der Waals surface area contributed by atoms with Crippen molar-refractivity contribution in [3.05, 3.63) is 59.4 Å². The topological polar surface area (TPSA) is 55.8 Å². The number of carboxylic acid groups (broad SMARTS) is 1. The van der Waals surface area contributed by atoms with Crippen molar-refractivity contribution in [3.63, 3.8) is 0 Å². The van der Waals surface area contributed by atoms with E-state index in [1.807, 2.05) is 19.1 Å². The number of rotatable bonds is 7. The molecule has 122 valence electrons. The SMILES string of the molecule is COc1cc(C)ccc1OCCC(C(=O)O)c1ccccc1F. The lowest BCUT2D eigenvalue weighted by Crippen LogP contribution is -2.16. The van der Waals surface area contributed by atoms with Gasteiger partial charge in [-0.3, -0.25) is 4.79 Å². The largest absolute Gasteiger partial charge is 0.493 e. The van der Waals surface area contributed by atoms with Crippen molar-refractivity contribution >= 4 is 5.97 Å². The Kier molecular flexibility index (Phi) is 5.57. The van der Waals surface area contributed by atoms with Crippen molar-refractivity contribution in [1.29, 1.82) is 0 Å². The molecule has 1 N–H and O–H groups in total. The molecule has 0 aliphatic carbocycles. The van der Waals surface area contributed by atoms with Crippen LogP contribution in [-0.4, -0.2) is 24.8 Å². The second-order valence-electron chi connectivity index (χ2n) is 5.20. The van der Waals surface area contributed by atoms with Crippen LogP contribution in [0, 0.1) is 12.7 Å². The van der Waals surface area contributed by atoms with Crippen LogP contribution in [0.4, 0.5) is 4.39 Å². The molecular formula is C18H19FO4. The van der Waals surface area contributed by atoms with Gasteiger partial charge in [-0.05, 0) is 37.1 Å². The summed E-state index contributed by atoms with van der Waals surface area (Å²) in [6, 6.07) is 11.4. The quantitative estimate of drug-likeness (QED) is 0.844. The number of halogens is 1. The monoisotopic (exact) mass is 318 g/mol. The van der Waals surface area contributed by atoms with E-state index in [2.05, 4.69) is 0 Å². The molecule has 4 nitrogen and oxygen atoms in total. The van der Waals surface area contributed by atoms with Gasteiger partial charge in [0, 0.05) is 5.56 Å². The number of methoxy groups -OCH3 is 1. The zero-order valence-corrected chi connectivity index (χ0v) is 13.1. The third kappa shape index (κ3) is 4.22. The van der Waals surface area contributed by atoms with Crippen LogP contribution < -0.4 is 9.47 Å². The standard InChI is InChI=1S/C18H19FO4/c1-12-7-8-16(17(11-12)22-2)23-10-9-14(18(20)21)13-5-3-4-6-15(13)19/h3-8,11,14H,9-10H2,1-2H3,(H,20,21). The predicted octanol–water partition coefficient (Wildman–Crippen LogP) is 3.78. The third-order valence-corrected chi connectivity index (χ3v) is 3.56. The lowest BCUT2D eigenvalue weighted by molar-refractivity contribution is -0.139. The normalized spacial score (nSPS) is 11.8. The van der Waals surface area contributed by atoms with Gasteiger partial charge in [-0.25, -0.2) is 4.39 Å². The molecule has 0 aliphatic heterocycles. The second-order valence-corrected chi connectivity index (χ2v) is 5.20. The molecule has 2 aromatic carbocycles. The van der Waals surface area contributed by atoms with E-state index in [1.165, 1.54) is 18.2 Å². The van der Waals surface area contributed by atoms with Crippen LogP contribution in [-0.2, 0) is 4.79 Å². The average molecular weight is 318 g/mol. The van der Waals surface area contributed by atoms with Crippen LogP contribution in [0.1, 0.15) is 23.5 Å². The van der Waals surface area contributed by atoms with E-state index in [4.69, 9.17) is 9.47 Å². The van der Waals surface area contributed by atoms with Gasteiger partial charge >= 0.3 is 5.97 Å². The predicted molar refractivity (Wildman–Crippen MR) is 84.6 cm³/mol. The van der Waals surface area contributed by atoms with E-state index in [-0.39, 0.29) is 18.6 Å². The maximum atomic E-state index is 13.8. The summed E-state index contributed by atoms with van der Waals surface area (Å²) in [5, 5.41) is 9.34. The minimum absolute atomic E-state index is 0.144. The summed E-state index contributed by atoms with van der Waals surface area (Å²) in [5.41, 5.74) is 1.20. The highest BCUT2D eigenvalue weighted by Gasteiger charge is 2.23. The molecule has 0 saturated carbocycles. The fraction of sp³-hybridized carbons (Fsp3) is 0.278. The van der Waals surface area contributed by atoms with Crippen molar-refractivity contribution in [2.45, 2.75) is 19.3 Å². The molecule has 0 radical (unpaired) electrons. The lowest BCUT2D eigenvalue weighted by atomic mass is 9.96. The number of hydrogen-bond acceptors (Lipinski definition) is 3. The number of aryl methyl sites for hydroxylation is 1. The van der Waals surface area contributed by atoms with E-state index in [0.29, 0.717) is 11.5 Å². The molecule has 1 unspecified atom stereocenters. The van der Waals surface area contributed by atoms with Gasteiger partial charge in [-0.15, -0.1) is 0 Å². The second kappa shape index (κ2) is 7.63. The zero-order chi connectivity index (χ0) is 16.8. The first-order valence-electron chi connectivity index (χ1n) is 7.27. The van der Waals surface area contributed by atoms with Gasteiger partial charge < -0.3 is 14.6 Å². The zero-order valence-electron chi connectivity index (χ0n) is 13.1. The molecule has 2 aromatic rings. The Morgan fingerprint density at radius 3 is 2.61 bits per heavy atom. The van der Waals surface area contributed by atoms with E-state index in [0.717, 1.165) is 5.56 Å². The maximum Gasteiger partial charge on any atom is 0.311 e. The number of aliphatic carboxylic acids is 1. The maximum absolute atomic E-state index is 13.8. The highest BCUT2D eigenvalue weighted by molar-refractivity contribution is 5.76. The fourth-order valence-electron chi connectivity index (χ4n) is 2.35. The minimum atomic E-state index is -1.07. The number of carbonyl (C=O) groups is 1. The van der Waals surface area contributed by atoms with Gasteiger partial charge in [-0.1, -0.05) is 24.3 Å². The fourth-order valence-corrected chi connectivity index (χ4v) is 2.35. The molecule has 2 rings (SSSR count). The van der Waals surface area contributed by atoms with Gasteiger partial charge in [-0.2, -0.15) is 0 Å². The Hall–Kier alpha value is -2.56.